The lowest BCUT2D eigenvalue weighted by Gasteiger charge is -2.16. The van der Waals surface area contributed by atoms with Gasteiger partial charge in [-0.15, -0.1) is 0 Å². The van der Waals surface area contributed by atoms with Gasteiger partial charge in [-0.05, 0) is 42.8 Å². The highest BCUT2D eigenvalue weighted by Gasteiger charge is 2.15. The first kappa shape index (κ1) is 13.5. The minimum atomic E-state index is 0.0960. The van der Waals surface area contributed by atoms with Gasteiger partial charge in [0, 0.05) is 9.50 Å². The first-order valence-electron chi connectivity index (χ1n) is 6.24. The molecule has 20 heavy (non-hydrogen) atoms. The smallest absolute Gasteiger partial charge is 0.201 e. The molecule has 1 atom stereocenters. The van der Waals surface area contributed by atoms with Gasteiger partial charge in [0.2, 0.25) is 5.95 Å². The van der Waals surface area contributed by atoms with Crippen LogP contribution in [0.2, 0.25) is 5.02 Å². The SMILES string of the molecule is CC(c1cccc(Br)c1)n1c(N)nc2cc(Cl)ccc21. The van der Waals surface area contributed by atoms with E-state index in [0.717, 1.165) is 15.5 Å². The van der Waals surface area contributed by atoms with Gasteiger partial charge in [0.15, 0.2) is 0 Å². The predicted octanol–water partition coefficient (Wildman–Crippen LogP) is 4.64. The first-order chi connectivity index (χ1) is 9.56. The molecule has 1 aromatic heterocycles. The molecule has 1 heterocycles. The van der Waals surface area contributed by atoms with Crippen LogP contribution in [0.5, 0.6) is 0 Å². The summed E-state index contributed by atoms with van der Waals surface area (Å²) in [5, 5.41) is 0.664. The second-order valence-corrected chi connectivity index (χ2v) is 6.06. The molecule has 0 spiro atoms. The van der Waals surface area contributed by atoms with E-state index in [9.17, 15) is 0 Å². The van der Waals surface area contributed by atoms with Crippen LogP contribution < -0.4 is 5.73 Å². The number of nitrogens with zero attached hydrogens (tertiary/aromatic N) is 2. The number of imidazole rings is 1. The van der Waals surface area contributed by atoms with Crippen molar-refractivity contribution in [2.45, 2.75) is 13.0 Å². The van der Waals surface area contributed by atoms with Crippen molar-refractivity contribution in [2.24, 2.45) is 0 Å². The Kier molecular flexibility index (Phi) is 3.44. The van der Waals surface area contributed by atoms with Crippen molar-refractivity contribution >= 4 is 44.5 Å². The molecule has 0 amide bonds. The third-order valence-corrected chi connectivity index (χ3v) is 4.13. The summed E-state index contributed by atoms with van der Waals surface area (Å²) >= 11 is 9.50. The Labute approximate surface area is 130 Å². The quantitative estimate of drug-likeness (QED) is 0.731. The van der Waals surface area contributed by atoms with Crippen LogP contribution in [-0.4, -0.2) is 9.55 Å². The fourth-order valence-corrected chi connectivity index (χ4v) is 3.00. The van der Waals surface area contributed by atoms with Gasteiger partial charge in [0.05, 0.1) is 17.1 Å². The second kappa shape index (κ2) is 5.11. The molecule has 0 fully saturated rings. The third-order valence-electron chi connectivity index (χ3n) is 3.40. The molecule has 0 aliphatic rings. The van der Waals surface area contributed by atoms with E-state index in [-0.39, 0.29) is 6.04 Å². The highest BCUT2D eigenvalue weighted by molar-refractivity contribution is 9.10. The van der Waals surface area contributed by atoms with Gasteiger partial charge in [0.1, 0.15) is 0 Å². The summed E-state index contributed by atoms with van der Waals surface area (Å²) in [6.07, 6.45) is 0. The topological polar surface area (TPSA) is 43.8 Å². The normalized spacial score (nSPS) is 12.8. The van der Waals surface area contributed by atoms with E-state index in [1.165, 1.54) is 5.56 Å². The van der Waals surface area contributed by atoms with Crippen molar-refractivity contribution < 1.29 is 0 Å². The van der Waals surface area contributed by atoms with Crippen LogP contribution in [0.15, 0.2) is 46.9 Å². The highest BCUT2D eigenvalue weighted by Crippen LogP contribution is 2.29. The number of aromatic nitrogens is 2. The fraction of sp³-hybridized carbons (Fsp3) is 0.133. The second-order valence-electron chi connectivity index (χ2n) is 4.70. The van der Waals surface area contributed by atoms with Gasteiger partial charge in [-0.3, -0.25) is 0 Å². The van der Waals surface area contributed by atoms with Crippen molar-refractivity contribution in [3.63, 3.8) is 0 Å². The average molecular weight is 351 g/mol. The number of nitrogens with two attached hydrogens (primary N) is 1. The molecule has 5 heteroatoms. The van der Waals surface area contributed by atoms with Crippen molar-refractivity contribution in [3.05, 3.63) is 57.5 Å². The lowest BCUT2D eigenvalue weighted by Crippen LogP contribution is -2.10. The van der Waals surface area contributed by atoms with Gasteiger partial charge in [-0.1, -0.05) is 39.7 Å². The Morgan fingerprint density at radius 2 is 2.05 bits per heavy atom. The van der Waals surface area contributed by atoms with Gasteiger partial charge < -0.3 is 10.3 Å². The molecule has 0 saturated carbocycles. The molecule has 0 aliphatic carbocycles. The summed E-state index contributed by atoms with van der Waals surface area (Å²) in [5.74, 6) is 0.495. The molecule has 0 bridgehead atoms. The van der Waals surface area contributed by atoms with E-state index in [1.54, 1.807) is 0 Å². The number of nitrogen functional groups attached to an aromatic ring is 1. The number of fused-ring (bicyclic) bond motifs is 1. The molecular formula is C15H13BrClN3. The minimum absolute atomic E-state index is 0.0960. The maximum Gasteiger partial charge on any atom is 0.201 e. The summed E-state index contributed by atoms with van der Waals surface area (Å²) in [7, 11) is 0. The van der Waals surface area contributed by atoms with E-state index in [0.29, 0.717) is 11.0 Å². The van der Waals surface area contributed by atoms with Crippen LogP contribution >= 0.6 is 27.5 Å². The number of halogens is 2. The van der Waals surface area contributed by atoms with E-state index in [2.05, 4.69) is 40.0 Å². The zero-order valence-electron chi connectivity index (χ0n) is 10.8. The monoisotopic (exact) mass is 349 g/mol. The molecule has 0 saturated heterocycles. The van der Waals surface area contributed by atoms with Gasteiger partial charge in [0.25, 0.3) is 0 Å². The Balaban J connectivity index is 2.16. The maximum absolute atomic E-state index is 6.08. The van der Waals surface area contributed by atoms with Crippen molar-refractivity contribution in [1.29, 1.82) is 0 Å². The van der Waals surface area contributed by atoms with E-state index < -0.39 is 0 Å². The molecule has 3 aromatic rings. The zero-order valence-corrected chi connectivity index (χ0v) is 13.2. The number of benzene rings is 2. The van der Waals surface area contributed by atoms with Crippen LogP contribution in [-0.2, 0) is 0 Å². The molecule has 3 rings (SSSR count). The minimum Gasteiger partial charge on any atom is -0.369 e. The predicted molar refractivity (Wildman–Crippen MR) is 87.1 cm³/mol. The number of hydrogen-bond donors (Lipinski definition) is 1. The van der Waals surface area contributed by atoms with Crippen LogP contribution in [0.3, 0.4) is 0 Å². The van der Waals surface area contributed by atoms with Crippen LogP contribution in [0.4, 0.5) is 5.95 Å². The Morgan fingerprint density at radius 1 is 1.25 bits per heavy atom. The van der Waals surface area contributed by atoms with Crippen molar-refractivity contribution in [2.75, 3.05) is 5.73 Å². The molecule has 1 unspecified atom stereocenters. The Hall–Kier alpha value is -1.52. The molecule has 0 radical (unpaired) electrons. The maximum atomic E-state index is 6.08. The first-order valence-corrected chi connectivity index (χ1v) is 7.42. The van der Waals surface area contributed by atoms with Crippen LogP contribution in [0.1, 0.15) is 18.5 Å². The van der Waals surface area contributed by atoms with E-state index in [4.69, 9.17) is 17.3 Å². The van der Waals surface area contributed by atoms with E-state index >= 15 is 0 Å². The molecular weight excluding hydrogens is 338 g/mol. The molecule has 3 nitrogen and oxygen atoms in total. The van der Waals surface area contributed by atoms with E-state index in [1.807, 2.05) is 34.9 Å². The van der Waals surface area contributed by atoms with Crippen molar-refractivity contribution in [1.82, 2.24) is 9.55 Å². The fourth-order valence-electron chi connectivity index (χ4n) is 2.41. The summed E-state index contributed by atoms with van der Waals surface area (Å²) in [5.41, 5.74) is 9.05. The van der Waals surface area contributed by atoms with Gasteiger partial charge in [-0.25, -0.2) is 4.98 Å². The van der Waals surface area contributed by atoms with Crippen LogP contribution in [0.25, 0.3) is 11.0 Å². The lowest BCUT2D eigenvalue weighted by atomic mass is 10.1. The number of anilines is 1. The number of hydrogen-bond acceptors (Lipinski definition) is 2. The van der Waals surface area contributed by atoms with Gasteiger partial charge in [-0.2, -0.15) is 0 Å². The van der Waals surface area contributed by atoms with Crippen LogP contribution in [0, 0.1) is 0 Å². The summed E-state index contributed by atoms with van der Waals surface area (Å²) in [6, 6.07) is 13.9. The zero-order chi connectivity index (χ0) is 14.3. The Morgan fingerprint density at radius 3 is 2.80 bits per heavy atom. The summed E-state index contributed by atoms with van der Waals surface area (Å²) < 4.78 is 3.07. The molecule has 102 valence electrons. The average Bonchev–Trinajstić information content (AvgIpc) is 2.73. The molecule has 2 N–H and O–H groups in total. The Bertz CT molecular complexity index is 782. The van der Waals surface area contributed by atoms with Gasteiger partial charge >= 0.3 is 0 Å². The summed E-state index contributed by atoms with van der Waals surface area (Å²) in [4.78, 5) is 4.39. The molecule has 2 aromatic carbocycles. The summed E-state index contributed by atoms with van der Waals surface area (Å²) in [6.45, 7) is 2.11. The lowest BCUT2D eigenvalue weighted by molar-refractivity contribution is 0.667. The largest absolute Gasteiger partial charge is 0.369 e. The highest BCUT2D eigenvalue weighted by atomic mass is 79.9. The standard InChI is InChI=1S/C15H13BrClN3/c1-9(10-3-2-4-11(16)7-10)20-14-6-5-12(17)8-13(14)19-15(20)18/h2-9H,1H3,(H2,18,19). The van der Waals surface area contributed by atoms with Crippen molar-refractivity contribution in [3.8, 4) is 0 Å². The number of rotatable bonds is 2. The molecule has 0 aliphatic heterocycles. The third kappa shape index (κ3) is 2.30.